The van der Waals surface area contributed by atoms with Crippen LogP contribution < -0.4 is 5.73 Å². The molecule has 2 rings (SSSR count). The summed E-state index contributed by atoms with van der Waals surface area (Å²) in [5.41, 5.74) is 7.98. The summed E-state index contributed by atoms with van der Waals surface area (Å²) in [6, 6.07) is 7.92. The van der Waals surface area contributed by atoms with Crippen LogP contribution in [-0.4, -0.2) is 24.5 Å². The van der Waals surface area contributed by atoms with Crippen LogP contribution in [-0.2, 0) is 16.4 Å². The molecule has 2 N–H and O–H groups in total. The Balaban J connectivity index is 2.31. The van der Waals surface area contributed by atoms with Gasteiger partial charge in [-0.15, -0.1) is 0 Å². The van der Waals surface area contributed by atoms with Gasteiger partial charge in [0.15, 0.2) is 9.84 Å². The monoisotopic (exact) mass is 265 g/mol. The topological polar surface area (TPSA) is 78.0 Å². The zero-order valence-corrected chi connectivity index (χ0v) is 11.1. The van der Waals surface area contributed by atoms with E-state index in [4.69, 9.17) is 5.73 Å². The Morgan fingerprint density at radius 3 is 2.39 bits per heavy atom. The zero-order chi connectivity index (χ0) is 13.3. The Kier molecular flexibility index (Phi) is 3.13. The number of aromatic nitrogens is 2. The van der Waals surface area contributed by atoms with Gasteiger partial charge in [-0.3, -0.25) is 0 Å². The highest BCUT2D eigenvalue weighted by Crippen LogP contribution is 2.18. The van der Waals surface area contributed by atoms with Gasteiger partial charge >= 0.3 is 0 Å². The number of aryl methyl sites for hydroxylation is 1. The van der Waals surface area contributed by atoms with Crippen LogP contribution in [0.4, 0.5) is 5.82 Å². The molecular formula is C12H15N3O2S. The summed E-state index contributed by atoms with van der Waals surface area (Å²) in [6.07, 6.45) is 2.41. The summed E-state index contributed by atoms with van der Waals surface area (Å²) < 4.78 is 24.3. The fourth-order valence-electron chi connectivity index (χ4n) is 1.66. The predicted molar refractivity (Wildman–Crippen MR) is 70.0 cm³/mol. The lowest BCUT2D eigenvalue weighted by Crippen LogP contribution is -2.08. The van der Waals surface area contributed by atoms with Crippen molar-refractivity contribution >= 4 is 15.7 Å². The Morgan fingerprint density at radius 2 is 1.89 bits per heavy atom. The molecule has 0 saturated heterocycles. The number of nitrogens with two attached hydrogens (primary N) is 1. The highest BCUT2D eigenvalue weighted by molar-refractivity contribution is 7.90. The van der Waals surface area contributed by atoms with Crippen molar-refractivity contribution in [2.75, 3.05) is 12.0 Å². The third-order valence-electron chi connectivity index (χ3n) is 2.70. The van der Waals surface area contributed by atoms with Crippen molar-refractivity contribution in [1.82, 2.24) is 9.78 Å². The summed E-state index contributed by atoms with van der Waals surface area (Å²) in [5.74, 6) is 0.179. The molecule has 0 radical (unpaired) electrons. The summed E-state index contributed by atoms with van der Waals surface area (Å²) in [4.78, 5) is 0.0783. The first-order valence-corrected chi connectivity index (χ1v) is 7.34. The molecule has 1 aromatic carbocycles. The number of benzene rings is 1. The van der Waals surface area contributed by atoms with Gasteiger partial charge in [-0.05, 0) is 12.5 Å². The third kappa shape index (κ3) is 2.53. The maximum atomic E-state index is 11.4. The van der Waals surface area contributed by atoms with E-state index >= 15 is 0 Å². The summed E-state index contributed by atoms with van der Waals surface area (Å²) in [7, 11) is -3.32. The second-order valence-corrected chi connectivity index (χ2v) is 6.29. The van der Waals surface area contributed by atoms with Gasteiger partial charge in [0.1, 0.15) is 10.7 Å². The Hall–Kier alpha value is -1.82. The van der Waals surface area contributed by atoms with Crippen LogP contribution in [0.5, 0.6) is 0 Å². The minimum Gasteiger partial charge on any atom is -0.383 e. The quantitative estimate of drug-likeness (QED) is 0.905. The number of hydrogen-bond acceptors (Lipinski definition) is 4. The molecule has 0 fully saturated rings. The third-order valence-corrected chi connectivity index (χ3v) is 3.81. The van der Waals surface area contributed by atoms with Crippen LogP contribution >= 0.6 is 0 Å². The Labute approximate surface area is 106 Å². The predicted octanol–water partition coefficient (Wildman–Crippen LogP) is 1.23. The minimum atomic E-state index is -3.32. The first kappa shape index (κ1) is 12.6. The van der Waals surface area contributed by atoms with Gasteiger partial charge in [-0.2, -0.15) is 5.10 Å². The summed E-state index contributed by atoms with van der Waals surface area (Å²) in [6.45, 7) is 2.47. The molecule has 0 atom stereocenters. The number of nitrogen functional groups attached to an aromatic ring is 1. The number of anilines is 1. The Morgan fingerprint density at radius 1 is 1.28 bits per heavy atom. The van der Waals surface area contributed by atoms with E-state index in [-0.39, 0.29) is 10.7 Å². The van der Waals surface area contributed by atoms with Gasteiger partial charge in [-0.1, -0.05) is 29.8 Å². The van der Waals surface area contributed by atoms with Crippen molar-refractivity contribution in [1.29, 1.82) is 0 Å². The van der Waals surface area contributed by atoms with E-state index in [0.717, 1.165) is 11.8 Å². The molecule has 0 aliphatic rings. The van der Waals surface area contributed by atoms with E-state index in [0.29, 0.717) is 6.54 Å². The molecule has 1 heterocycles. The molecule has 2 aromatic rings. The van der Waals surface area contributed by atoms with Gasteiger partial charge in [0.2, 0.25) is 0 Å². The van der Waals surface area contributed by atoms with Crippen LogP contribution in [0.2, 0.25) is 0 Å². The maximum absolute atomic E-state index is 11.4. The smallest absolute Gasteiger partial charge is 0.180 e. The molecule has 0 unspecified atom stereocenters. The molecule has 1 aromatic heterocycles. The van der Waals surface area contributed by atoms with Crippen LogP contribution in [0.1, 0.15) is 11.1 Å². The van der Waals surface area contributed by atoms with Crippen molar-refractivity contribution in [2.24, 2.45) is 0 Å². The lowest BCUT2D eigenvalue weighted by molar-refractivity contribution is 0.602. The van der Waals surface area contributed by atoms with E-state index < -0.39 is 9.84 Å². The van der Waals surface area contributed by atoms with Crippen molar-refractivity contribution in [2.45, 2.75) is 18.4 Å². The molecule has 0 aliphatic carbocycles. The van der Waals surface area contributed by atoms with E-state index in [9.17, 15) is 8.42 Å². The van der Waals surface area contributed by atoms with Gasteiger partial charge in [-0.25, -0.2) is 13.1 Å². The largest absolute Gasteiger partial charge is 0.383 e. The van der Waals surface area contributed by atoms with Crippen molar-refractivity contribution in [3.05, 3.63) is 41.6 Å². The van der Waals surface area contributed by atoms with Crippen molar-refractivity contribution in [3.8, 4) is 0 Å². The lowest BCUT2D eigenvalue weighted by atomic mass is 10.1. The van der Waals surface area contributed by atoms with Crippen LogP contribution in [0.15, 0.2) is 35.4 Å². The number of hydrogen-bond donors (Lipinski definition) is 1. The number of rotatable bonds is 3. The normalized spacial score (nSPS) is 11.7. The van der Waals surface area contributed by atoms with Crippen molar-refractivity contribution < 1.29 is 8.42 Å². The molecular weight excluding hydrogens is 250 g/mol. The van der Waals surface area contributed by atoms with Crippen LogP contribution in [0.25, 0.3) is 0 Å². The van der Waals surface area contributed by atoms with Crippen molar-refractivity contribution in [3.63, 3.8) is 0 Å². The van der Waals surface area contributed by atoms with E-state index in [1.54, 1.807) is 0 Å². The molecule has 0 bridgehead atoms. The maximum Gasteiger partial charge on any atom is 0.180 e. The average Bonchev–Trinajstić information content (AvgIpc) is 2.63. The Bertz CT molecular complexity index is 657. The molecule has 0 spiro atoms. The average molecular weight is 265 g/mol. The fourth-order valence-corrected chi connectivity index (χ4v) is 2.38. The molecule has 0 amide bonds. The minimum absolute atomic E-state index is 0.0783. The molecule has 0 aliphatic heterocycles. The van der Waals surface area contributed by atoms with E-state index in [1.807, 2.05) is 31.2 Å². The van der Waals surface area contributed by atoms with Gasteiger partial charge in [0.25, 0.3) is 0 Å². The molecule has 5 nitrogen and oxygen atoms in total. The number of sulfone groups is 1. The second kappa shape index (κ2) is 4.45. The van der Waals surface area contributed by atoms with E-state index in [1.165, 1.54) is 16.4 Å². The SMILES string of the molecule is Cc1ccc(Cn2ncc(S(C)(=O)=O)c2N)cc1. The summed E-state index contributed by atoms with van der Waals surface area (Å²) >= 11 is 0. The second-order valence-electron chi connectivity index (χ2n) is 4.31. The first-order valence-electron chi connectivity index (χ1n) is 5.45. The molecule has 6 heteroatoms. The standard InChI is InChI=1S/C12H15N3O2S/c1-9-3-5-10(6-4-9)8-15-12(13)11(7-14-15)18(2,16)17/h3-7H,8,13H2,1-2H3. The fraction of sp³-hybridized carbons (Fsp3) is 0.250. The van der Waals surface area contributed by atoms with Gasteiger partial charge < -0.3 is 5.73 Å². The summed E-state index contributed by atoms with van der Waals surface area (Å²) in [5, 5.41) is 4.01. The first-order chi connectivity index (χ1) is 8.38. The number of nitrogens with zero attached hydrogens (tertiary/aromatic N) is 2. The zero-order valence-electron chi connectivity index (χ0n) is 10.3. The highest BCUT2D eigenvalue weighted by Gasteiger charge is 2.16. The van der Waals surface area contributed by atoms with E-state index in [2.05, 4.69) is 5.10 Å². The molecule has 96 valence electrons. The molecule has 18 heavy (non-hydrogen) atoms. The highest BCUT2D eigenvalue weighted by atomic mass is 32.2. The lowest BCUT2D eigenvalue weighted by Gasteiger charge is -2.05. The van der Waals surface area contributed by atoms with Gasteiger partial charge in [0.05, 0.1) is 12.7 Å². The van der Waals surface area contributed by atoms with Crippen LogP contribution in [0.3, 0.4) is 0 Å². The van der Waals surface area contributed by atoms with Crippen LogP contribution in [0, 0.1) is 6.92 Å². The van der Waals surface area contributed by atoms with Gasteiger partial charge in [0, 0.05) is 6.26 Å². The molecule has 0 saturated carbocycles.